The molecule has 94 valence electrons. The zero-order valence-electron chi connectivity index (χ0n) is 10.1. The fourth-order valence-corrected chi connectivity index (χ4v) is 3.37. The second-order valence-electron chi connectivity index (χ2n) is 5.54. The van der Waals surface area contributed by atoms with Gasteiger partial charge < -0.3 is 14.9 Å². The van der Waals surface area contributed by atoms with Crippen LogP contribution in [-0.4, -0.2) is 35.6 Å². The van der Waals surface area contributed by atoms with Crippen LogP contribution < -0.4 is 0 Å². The Kier molecular flexibility index (Phi) is 3.88. The topological polar surface area (TPSA) is 49.7 Å². The molecule has 1 atom stereocenters. The number of rotatable bonds is 2. The first kappa shape index (κ1) is 12.3. The Morgan fingerprint density at radius 1 is 0.938 bits per heavy atom. The number of hydrogen-bond acceptors (Lipinski definition) is 3. The average Bonchev–Trinajstić information content (AvgIpc) is 2.56. The van der Waals surface area contributed by atoms with Gasteiger partial charge in [0.25, 0.3) is 0 Å². The maximum Gasteiger partial charge on any atom is 0.0958 e. The molecule has 0 bridgehead atoms. The summed E-state index contributed by atoms with van der Waals surface area (Å²) in [7, 11) is 0. The second kappa shape index (κ2) is 5.03. The van der Waals surface area contributed by atoms with Crippen molar-refractivity contribution in [3.8, 4) is 0 Å². The van der Waals surface area contributed by atoms with Crippen LogP contribution in [0.2, 0.25) is 0 Å². The average molecular weight is 228 g/mol. The van der Waals surface area contributed by atoms with Crippen molar-refractivity contribution < 1.29 is 14.9 Å². The maximum absolute atomic E-state index is 10.8. The van der Waals surface area contributed by atoms with Gasteiger partial charge in [-0.3, -0.25) is 0 Å². The minimum absolute atomic E-state index is 0.104. The van der Waals surface area contributed by atoms with Gasteiger partial charge in [-0.05, 0) is 25.7 Å². The highest BCUT2D eigenvalue weighted by Crippen LogP contribution is 2.46. The van der Waals surface area contributed by atoms with Crippen molar-refractivity contribution >= 4 is 0 Å². The first-order valence-corrected chi connectivity index (χ1v) is 6.63. The van der Waals surface area contributed by atoms with Crippen LogP contribution in [0.15, 0.2) is 0 Å². The molecule has 0 radical (unpaired) electrons. The van der Waals surface area contributed by atoms with Gasteiger partial charge >= 0.3 is 0 Å². The van der Waals surface area contributed by atoms with E-state index in [1.165, 1.54) is 12.8 Å². The SMILES string of the molecule is OCC1(C2(O)CCCOC2)CCCCCC1. The normalized spacial score (nSPS) is 35.6. The predicted molar refractivity (Wildman–Crippen MR) is 62.2 cm³/mol. The molecule has 1 aliphatic carbocycles. The molecule has 3 nitrogen and oxygen atoms in total. The Morgan fingerprint density at radius 3 is 2.12 bits per heavy atom. The highest BCUT2D eigenvalue weighted by molar-refractivity contribution is 5.00. The Morgan fingerprint density at radius 2 is 1.62 bits per heavy atom. The van der Waals surface area contributed by atoms with Crippen LogP contribution in [0.5, 0.6) is 0 Å². The summed E-state index contributed by atoms with van der Waals surface area (Å²) in [5.41, 5.74) is -1.09. The van der Waals surface area contributed by atoms with Gasteiger partial charge in [0.1, 0.15) is 0 Å². The molecule has 2 rings (SSSR count). The maximum atomic E-state index is 10.8. The summed E-state index contributed by atoms with van der Waals surface area (Å²) in [5, 5.41) is 20.6. The highest BCUT2D eigenvalue weighted by atomic mass is 16.5. The van der Waals surface area contributed by atoms with E-state index in [0.29, 0.717) is 6.61 Å². The summed E-state index contributed by atoms with van der Waals surface area (Å²) >= 11 is 0. The fourth-order valence-electron chi connectivity index (χ4n) is 3.37. The van der Waals surface area contributed by atoms with Crippen molar-refractivity contribution in [3.63, 3.8) is 0 Å². The van der Waals surface area contributed by atoms with Crippen LogP contribution in [0, 0.1) is 5.41 Å². The zero-order chi connectivity index (χ0) is 11.5. The summed E-state index contributed by atoms with van der Waals surface area (Å²) in [6, 6.07) is 0. The Hall–Kier alpha value is -0.120. The third-order valence-corrected chi connectivity index (χ3v) is 4.57. The van der Waals surface area contributed by atoms with Crippen molar-refractivity contribution in [2.75, 3.05) is 19.8 Å². The number of hydrogen-bond donors (Lipinski definition) is 2. The molecule has 2 aliphatic rings. The van der Waals surface area contributed by atoms with Crippen LogP contribution in [0.25, 0.3) is 0 Å². The fraction of sp³-hybridized carbons (Fsp3) is 1.00. The largest absolute Gasteiger partial charge is 0.396 e. The van der Waals surface area contributed by atoms with Crippen LogP contribution >= 0.6 is 0 Å². The molecule has 0 aromatic carbocycles. The van der Waals surface area contributed by atoms with Crippen molar-refractivity contribution in [1.29, 1.82) is 0 Å². The molecule has 0 amide bonds. The van der Waals surface area contributed by atoms with E-state index >= 15 is 0 Å². The molecule has 1 aliphatic heterocycles. The van der Waals surface area contributed by atoms with Crippen LogP contribution in [-0.2, 0) is 4.74 Å². The molecule has 1 heterocycles. The van der Waals surface area contributed by atoms with Gasteiger partial charge in [0.05, 0.1) is 18.8 Å². The van der Waals surface area contributed by atoms with Gasteiger partial charge in [0, 0.05) is 12.0 Å². The molecule has 2 N–H and O–H groups in total. The highest BCUT2D eigenvalue weighted by Gasteiger charge is 2.50. The first-order chi connectivity index (χ1) is 7.72. The lowest BCUT2D eigenvalue weighted by molar-refractivity contribution is -0.180. The quantitative estimate of drug-likeness (QED) is 0.709. The van der Waals surface area contributed by atoms with Gasteiger partial charge in [-0.15, -0.1) is 0 Å². The summed E-state index contributed by atoms with van der Waals surface area (Å²) in [5.74, 6) is 0. The summed E-state index contributed by atoms with van der Waals surface area (Å²) in [6.45, 7) is 1.27. The van der Waals surface area contributed by atoms with E-state index in [2.05, 4.69) is 0 Å². The lowest BCUT2D eigenvalue weighted by Gasteiger charge is -2.48. The molecular formula is C13H24O3. The summed E-state index contributed by atoms with van der Waals surface area (Å²) in [6.07, 6.45) is 8.32. The van der Waals surface area contributed by atoms with Gasteiger partial charge in [-0.2, -0.15) is 0 Å². The van der Waals surface area contributed by atoms with Crippen molar-refractivity contribution in [3.05, 3.63) is 0 Å². The molecule has 0 aromatic heterocycles. The van der Waals surface area contributed by atoms with E-state index in [1.807, 2.05) is 0 Å². The van der Waals surface area contributed by atoms with Crippen LogP contribution in [0.1, 0.15) is 51.4 Å². The Balaban J connectivity index is 2.16. The third kappa shape index (κ3) is 2.13. The number of ether oxygens (including phenoxy) is 1. The van der Waals surface area contributed by atoms with E-state index < -0.39 is 5.60 Å². The van der Waals surface area contributed by atoms with E-state index in [1.54, 1.807) is 0 Å². The molecule has 3 heteroatoms. The van der Waals surface area contributed by atoms with Crippen molar-refractivity contribution in [2.24, 2.45) is 5.41 Å². The van der Waals surface area contributed by atoms with E-state index in [9.17, 15) is 10.2 Å². The van der Waals surface area contributed by atoms with Gasteiger partial charge in [-0.1, -0.05) is 25.7 Å². The lowest BCUT2D eigenvalue weighted by Crippen LogP contribution is -2.55. The number of aliphatic hydroxyl groups excluding tert-OH is 1. The summed E-state index contributed by atoms with van der Waals surface area (Å²) < 4.78 is 5.44. The molecule has 1 saturated heterocycles. The van der Waals surface area contributed by atoms with Gasteiger partial charge in [0.2, 0.25) is 0 Å². The molecule has 1 saturated carbocycles. The minimum Gasteiger partial charge on any atom is -0.396 e. The second-order valence-corrected chi connectivity index (χ2v) is 5.54. The first-order valence-electron chi connectivity index (χ1n) is 6.63. The molecule has 16 heavy (non-hydrogen) atoms. The molecule has 0 spiro atoms. The van der Waals surface area contributed by atoms with E-state index in [-0.39, 0.29) is 12.0 Å². The summed E-state index contributed by atoms with van der Waals surface area (Å²) in [4.78, 5) is 0. The number of aliphatic hydroxyl groups is 2. The van der Waals surface area contributed by atoms with Crippen molar-refractivity contribution in [1.82, 2.24) is 0 Å². The van der Waals surface area contributed by atoms with E-state index in [4.69, 9.17) is 4.74 Å². The Bertz CT molecular complexity index is 213. The van der Waals surface area contributed by atoms with Crippen LogP contribution in [0.3, 0.4) is 0 Å². The Labute approximate surface area is 97.8 Å². The van der Waals surface area contributed by atoms with Crippen LogP contribution in [0.4, 0.5) is 0 Å². The standard InChI is InChI=1S/C13H24O3/c14-10-12(6-3-1-2-4-7-12)13(15)8-5-9-16-11-13/h14-15H,1-11H2. The van der Waals surface area contributed by atoms with Gasteiger partial charge in [-0.25, -0.2) is 0 Å². The lowest BCUT2D eigenvalue weighted by atomic mass is 9.65. The smallest absolute Gasteiger partial charge is 0.0958 e. The van der Waals surface area contributed by atoms with Gasteiger partial charge in [0.15, 0.2) is 0 Å². The molecule has 1 unspecified atom stereocenters. The third-order valence-electron chi connectivity index (χ3n) is 4.57. The molecule has 2 fully saturated rings. The minimum atomic E-state index is -0.787. The zero-order valence-corrected chi connectivity index (χ0v) is 10.1. The van der Waals surface area contributed by atoms with E-state index in [0.717, 1.165) is 45.1 Å². The molecular weight excluding hydrogens is 204 g/mol. The van der Waals surface area contributed by atoms with Crippen molar-refractivity contribution in [2.45, 2.75) is 57.0 Å². The molecule has 0 aromatic rings. The monoisotopic (exact) mass is 228 g/mol. The predicted octanol–water partition coefficient (Wildman–Crippen LogP) is 1.86.